The van der Waals surface area contributed by atoms with Crippen LogP contribution in [0.4, 0.5) is 9.39 Å². The molecule has 1 aliphatic heterocycles. The predicted molar refractivity (Wildman–Crippen MR) is 96.3 cm³/mol. The number of likely N-dealkylation sites (tertiary alicyclic amines) is 1. The molecule has 128 valence electrons. The van der Waals surface area contributed by atoms with E-state index in [1.54, 1.807) is 23.7 Å². The molecule has 0 spiro atoms. The maximum absolute atomic E-state index is 13.2. The van der Waals surface area contributed by atoms with Crippen molar-refractivity contribution in [2.75, 3.05) is 18.4 Å². The lowest BCUT2D eigenvalue weighted by molar-refractivity contribution is 0.0789. The largest absolute Gasteiger partial charge is 0.373 e. The van der Waals surface area contributed by atoms with Gasteiger partial charge in [0.15, 0.2) is 0 Å². The van der Waals surface area contributed by atoms with Gasteiger partial charge >= 0.3 is 0 Å². The molecular weight excluding hydrogens is 339 g/mol. The predicted octanol–water partition coefficient (Wildman–Crippen LogP) is 3.68. The van der Waals surface area contributed by atoms with Gasteiger partial charge in [0.05, 0.1) is 11.2 Å². The average molecular weight is 356 g/mol. The highest BCUT2D eigenvalue weighted by molar-refractivity contribution is 7.22. The van der Waals surface area contributed by atoms with Crippen LogP contribution < -0.4 is 5.32 Å². The van der Waals surface area contributed by atoms with Gasteiger partial charge < -0.3 is 10.2 Å². The molecule has 1 saturated heterocycles. The van der Waals surface area contributed by atoms with Gasteiger partial charge in [0, 0.05) is 42.1 Å². The summed E-state index contributed by atoms with van der Waals surface area (Å²) < 4.78 is 14.2. The van der Waals surface area contributed by atoms with Gasteiger partial charge in [0.2, 0.25) is 0 Å². The van der Waals surface area contributed by atoms with E-state index in [-0.39, 0.29) is 11.7 Å². The molecule has 0 saturated carbocycles. The number of carbonyl (C=O) groups excluding carboxylic acids is 1. The lowest BCUT2D eigenvalue weighted by Crippen LogP contribution is -2.28. The van der Waals surface area contributed by atoms with Gasteiger partial charge in [-0.2, -0.15) is 0 Å². The van der Waals surface area contributed by atoms with Crippen LogP contribution in [0.3, 0.4) is 0 Å². The SMILES string of the molecule is O=C(c1nccc2sc(NCc3cncc(F)c3)cc12)N1CCCC1. The van der Waals surface area contributed by atoms with Crippen LogP contribution in [0.5, 0.6) is 0 Å². The number of thiophene rings is 1. The van der Waals surface area contributed by atoms with E-state index in [0.717, 1.165) is 46.6 Å². The molecule has 1 N–H and O–H groups in total. The van der Waals surface area contributed by atoms with Crippen LogP contribution in [0.1, 0.15) is 28.9 Å². The van der Waals surface area contributed by atoms with Crippen LogP contribution in [-0.4, -0.2) is 33.9 Å². The first-order valence-electron chi connectivity index (χ1n) is 8.22. The minimum atomic E-state index is -0.349. The number of pyridine rings is 2. The normalized spacial score (nSPS) is 14.2. The Kier molecular flexibility index (Phi) is 4.31. The minimum Gasteiger partial charge on any atom is -0.373 e. The molecule has 1 fully saturated rings. The molecule has 0 aliphatic carbocycles. The van der Waals surface area contributed by atoms with E-state index < -0.39 is 0 Å². The second-order valence-electron chi connectivity index (χ2n) is 6.05. The summed E-state index contributed by atoms with van der Waals surface area (Å²) >= 11 is 1.56. The Hall–Kier alpha value is -2.54. The third-order valence-electron chi connectivity index (χ3n) is 4.27. The Morgan fingerprint density at radius 2 is 2.12 bits per heavy atom. The summed E-state index contributed by atoms with van der Waals surface area (Å²) in [5.41, 5.74) is 1.28. The highest BCUT2D eigenvalue weighted by Crippen LogP contribution is 2.32. The highest BCUT2D eigenvalue weighted by Gasteiger charge is 2.23. The van der Waals surface area contributed by atoms with Gasteiger partial charge in [-0.1, -0.05) is 0 Å². The Morgan fingerprint density at radius 3 is 2.92 bits per heavy atom. The molecule has 0 unspecified atom stereocenters. The molecule has 1 amide bonds. The summed E-state index contributed by atoms with van der Waals surface area (Å²) in [7, 11) is 0. The van der Waals surface area contributed by atoms with Gasteiger partial charge in [-0.05, 0) is 36.6 Å². The molecule has 0 aromatic carbocycles. The van der Waals surface area contributed by atoms with Gasteiger partial charge in [0.25, 0.3) is 5.91 Å². The first-order chi connectivity index (χ1) is 12.2. The summed E-state index contributed by atoms with van der Waals surface area (Å²) in [6.45, 7) is 2.08. The van der Waals surface area contributed by atoms with Crippen molar-refractivity contribution >= 4 is 32.3 Å². The summed E-state index contributed by atoms with van der Waals surface area (Å²) in [6, 6.07) is 5.32. The monoisotopic (exact) mass is 356 g/mol. The van der Waals surface area contributed by atoms with Crippen molar-refractivity contribution in [3.05, 3.63) is 53.9 Å². The maximum Gasteiger partial charge on any atom is 0.273 e. The molecule has 1 aliphatic rings. The molecule has 5 nitrogen and oxygen atoms in total. The van der Waals surface area contributed by atoms with Crippen molar-refractivity contribution in [3.8, 4) is 0 Å². The fourth-order valence-corrected chi connectivity index (χ4v) is 3.98. The van der Waals surface area contributed by atoms with Crippen molar-refractivity contribution < 1.29 is 9.18 Å². The molecule has 7 heteroatoms. The number of amides is 1. The van der Waals surface area contributed by atoms with E-state index in [1.807, 2.05) is 17.0 Å². The highest BCUT2D eigenvalue weighted by atomic mass is 32.1. The number of anilines is 1. The van der Waals surface area contributed by atoms with Crippen molar-refractivity contribution in [2.45, 2.75) is 19.4 Å². The standard InChI is InChI=1S/C18H17FN4OS/c19-13-7-12(9-20-11-13)10-22-16-8-14-15(25-16)3-4-21-17(14)18(24)23-5-1-2-6-23/h3-4,7-9,11,22H,1-2,5-6,10H2. The van der Waals surface area contributed by atoms with Crippen molar-refractivity contribution in [3.63, 3.8) is 0 Å². The second-order valence-corrected chi connectivity index (χ2v) is 7.13. The van der Waals surface area contributed by atoms with E-state index in [2.05, 4.69) is 15.3 Å². The van der Waals surface area contributed by atoms with Crippen molar-refractivity contribution in [2.24, 2.45) is 0 Å². The zero-order valence-corrected chi connectivity index (χ0v) is 14.4. The molecular formula is C18H17FN4OS. The van der Waals surface area contributed by atoms with Crippen LogP contribution >= 0.6 is 11.3 Å². The minimum absolute atomic E-state index is 0.00165. The third-order valence-corrected chi connectivity index (χ3v) is 5.33. The smallest absolute Gasteiger partial charge is 0.273 e. The van der Waals surface area contributed by atoms with E-state index >= 15 is 0 Å². The second kappa shape index (κ2) is 6.76. The Bertz CT molecular complexity index is 920. The third kappa shape index (κ3) is 3.32. The van der Waals surface area contributed by atoms with Gasteiger partial charge in [-0.15, -0.1) is 11.3 Å². The number of rotatable bonds is 4. The van der Waals surface area contributed by atoms with Crippen LogP contribution in [0.15, 0.2) is 36.8 Å². The number of hydrogen-bond donors (Lipinski definition) is 1. The fourth-order valence-electron chi connectivity index (χ4n) is 3.03. The Labute approximate surface area is 148 Å². The summed E-state index contributed by atoms with van der Waals surface area (Å²) in [5, 5.41) is 5.06. The number of fused-ring (bicyclic) bond motifs is 1. The van der Waals surface area contributed by atoms with E-state index in [0.29, 0.717) is 12.2 Å². The van der Waals surface area contributed by atoms with Gasteiger partial charge in [0.1, 0.15) is 11.5 Å². The van der Waals surface area contributed by atoms with Crippen LogP contribution in [0, 0.1) is 5.82 Å². The molecule has 0 atom stereocenters. The molecule has 0 radical (unpaired) electrons. The molecule has 3 aromatic heterocycles. The zero-order valence-electron chi connectivity index (χ0n) is 13.5. The number of carbonyl (C=O) groups is 1. The molecule has 4 heterocycles. The van der Waals surface area contributed by atoms with Crippen LogP contribution in [-0.2, 0) is 6.54 Å². The topological polar surface area (TPSA) is 58.1 Å². The average Bonchev–Trinajstić information content (AvgIpc) is 3.28. The molecule has 0 bridgehead atoms. The maximum atomic E-state index is 13.2. The van der Waals surface area contributed by atoms with Crippen molar-refractivity contribution in [1.82, 2.24) is 14.9 Å². The molecule has 4 rings (SSSR count). The van der Waals surface area contributed by atoms with Crippen molar-refractivity contribution in [1.29, 1.82) is 0 Å². The summed E-state index contributed by atoms with van der Waals surface area (Å²) in [6.07, 6.45) is 6.61. The van der Waals surface area contributed by atoms with Crippen LogP contribution in [0.25, 0.3) is 10.1 Å². The summed E-state index contributed by atoms with van der Waals surface area (Å²) in [5.74, 6) is -0.347. The summed E-state index contributed by atoms with van der Waals surface area (Å²) in [4.78, 5) is 22.7. The first kappa shape index (κ1) is 16.0. The first-order valence-corrected chi connectivity index (χ1v) is 9.03. The number of hydrogen-bond acceptors (Lipinski definition) is 5. The number of halogens is 1. The number of nitrogens with zero attached hydrogens (tertiary/aromatic N) is 3. The van der Waals surface area contributed by atoms with Gasteiger partial charge in [-0.25, -0.2) is 4.39 Å². The van der Waals surface area contributed by atoms with E-state index in [4.69, 9.17) is 0 Å². The van der Waals surface area contributed by atoms with E-state index in [1.165, 1.54) is 12.3 Å². The van der Waals surface area contributed by atoms with Crippen LogP contribution in [0.2, 0.25) is 0 Å². The lowest BCUT2D eigenvalue weighted by atomic mass is 10.2. The lowest BCUT2D eigenvalue weighted by Gasteiger charge is -2.14. The fraction of sp³-hybridized carbons (Fsp3) is 0.278. The van der Waals surface area contributed by atoms with E-state index in [9.17, 15) is 9.18 Å². The molecule has 25 heavy (non-hydrogen) atoms. The Morgan fingerprint density at radius 1 is 1.28 bits per heavy atom. The number of nitrogens with one attached hydrogen (secondary N) is 1. The Balaban J connectivity index is 1.57. The number of aromatic nitrogens is 2. The zero-order chi connectivity index (χ0) is 17.2. The molecule has 3 aromatic rings. The van der Waals surface area contributed by atoms with Gasteiger partial charge in [-0.3, -0.25) is 14.8 Å². The quantitative estimate of drug-likeness (QED) is 0.775.